The van der Waals surface area contributed by atoms with Crippen molar-refractivity contribution < 1.29 is 22.3 Å². The minimum absolute atomic E-state index is 0.0125. The lowest BCUT2D eigenvalue weighted by Gasteiger charge is -2.13. The fourth-order valence-electron chi connectivity index (χ4n) is 1.37. The summed E-state index contributed by atoms with van der Waals surface area (Å²) >= 11 is 0. The van der Waals surface area contributed by atoms with Crippen LogP contribution in [0.5, 0.6) is 0 Å². The molecule has 0 aromatic heterocycles. The predicted octanol–water partition coefficient (Wildman–Crippen LogP) is 0.439. The summed E-state index contributed by atoms with van der Waals surface area (Å²) in [5.74, 6) is 3.40. The zero-order valence-corrected chi connectivity index (χ0v) is 12.3. The van der Waals surface area contributed by atoms with Crippen LogP contribution in [0.4, 0.5) is 10.1 Å². The van der Waals surface area contributed by atoms with Crippen molar-refractivity contribution in [2.75, 3.05) is 18.4 Å². The maximum absolute atomic E-state index is 13.7. The van der Waals surface area contributed by atoms with E-state index in [0.717, 1.165) is 13.2 Å². The highest BCUT2D eigenvalue weighted by atomic mass is 32.2. The number of benzene rings is 1. The lowest BCUT2D eigenvalue weighted by molar-refractivity contribution is -0.139. The van der Waals surface area contributed by atoms with Crippen LogP contribution in [0.2, 0.25) is 0 Å². The number of anilines is 1. The lowest BCUT2D eigenvalue weighted by atomic mass is 10.2. The van der Waals surface area contributed by atoms with Gasteiger partial charge in [0.2, 0.25) is 10.0 Å². The molecule has 0 spiro atoms. The van der Waals surface area contributed by atoms with Gasteiger partial charge in [0.05, 0.1) is 24.9 Å². The zero-order chi connectivity index (χ0) is 16.0. The molecule has 1 aromatic rings. The van der Waals surface area contributed by atoms with Gasteiger partial charge in [0.25, 0.3) is 0 Å². The minimum atomic E-state index is -4.02. The number of carbonyl (C=O) groups is 1. The number of esters is 1. The van der Waals surface area contributed by atoms with Gasteiger partial charge in [0, 0.05) is 0 Å². The van der Waals surface area contributed by atoms with E-state index in [9.17, 15) is 17.6 Å². The Morgan fingerprint density at radius 1 is 1.52 bits per heavy atom. The Bertz CT molecular complexity index is 692. The monoisotopic (exact) mass is 314 g/mol. The number of hydrogen-bond acceptors (Lipinski definition) is 5. The number of carbonyl (C=O) groups excluding carboxylic acids is 1. The number of nitrogens with one attached hydrogen (secondary N) is 1. The van der Waals surface area contributed by atoms with E-state index in [1.165, 1.54) is 19.1 Å². The summed E-state index contributed by atoms with van der Waals surface area (Å²) in [4.78, 5) is 11.2. The molecule has 0 fully saturated rings. The highest BCUT2D eigenvalue weighted by Crippen LogP contribution is 2.17. The van der Waals surface area contributed by atoms with Crippen LogP contribution in [-0.2, 0) is 19.6 Å². The summed E-state index contributed by atoms with van der Waals surface area (Å²) in [5.41, 5.74) is 5.27. The summed E-state index contributed by atoms with van der Waals surface area (Å²) in [5, 5.41) is -1.41. The molecule has 0 aliphatic heterocycles. The molecule has 0 aliphatic carbocycles. The van der Waals surface area contributed by atoms with Gasteiger partial charge in [-0.15, -0.1) is 0 Å². The summed E-state index contributed by atoms with van der Waals surface area (Å²) in [7, 11) is -2.94. The van der Waals surface area contributed by atoms with E-state index in [0.29, 0.717) is 0 Å². The molecule has 0 bridgehead atoms. The highest BCUT2D eigenvalue weighted by Gasteiger charge is 2.28. The fourth-order valence-corrected chi connectivity index (χ4v) is 2.35. The van der Waals surface area contributed by atoms with E-state index in [2.05, 4.69) is 21.3 Å². The highest BCUT2D eigenvalue weighted by molar-refractivity contribution is 7.94. The van der Waals surface area contributed by atoms with Crippen molar-refractivity contribution in [2.24, 2.45) is 5.73 Å². The standard InChI is InChI=1S/C13H15FN2O4S/c1-9(13(17)20-2)21(18,19)16-11-6-5-10(4-3-7-15)12(14)8-11/h5-6,8-9,16H,7,15H2,1-2H3. The smallest absolute Gasteiger partial charge is 0.325 e. The Kier molecular flexibility index (Phi) is 5.69. The first-order valence-corrected chi connectivity index (χ1v) is 7.44. The van der Waals surface area contributed by atoms with Crippen molar-refractivity contribution >= 4 is 21.7 Å². The number of ether oxygens (including phenoxy) is 1. The van der Waals surface area contributed by atoms with E-state index in [1.807, 2.05) is 0 Å². The van der Waals surface area contributed by atoms with E-state index >= 15 is 0 Å². The molecule has 3 N–H and O–H groups in total. The molecule has 0 amide bonds. The molecular weight excluding hydrogens is 299 g/mol. The molecule has 0 aliphatic rings. The quantitative estimate of drug-likeness (QED) is 0.620. The molecule has 114 valence electrons. The van der Waals surface area contributed by atoms with E-state index in [4.69, 9.17) is 5.73 Å². The van der Waals surface area contributed by atoms with Crippen molar-refractivity contribution in [3.63, 3.8) is 0 Å². The van der Waals surface area contributed by atoms with Crippen molar-refractivity contribution in [1.82, 2.24) is 0 Å². The number of rotatable bonds is 4. The van der Waals surface area contributed by atoms with E-state index < -0.39 is 27.1 Å². The van der Waals surface area contributed by atoms with Crippen molar-refractivity contribution in [3.8, 4) is 11.8 Å². The minimum Gasteiger partial charge on any atom is -0.468 e. The summed E-state index contributed by atoms with van der Waals surface area (Å²) in [6.07, 6.45) is 0. The number of sulfonamides is 1. The van der Waals surface area contributed by atoms with Crippen LogP contribution < -0.4 is 10.5 Å². The van der Waals surface area contributed by atoms with Gasteiger partial charge >= 0.3 is 5.97 Å². The molecule has 1 unspecified atom stereocenters. The molecular formula is C13H15FN2O4S. The summed E-state index contributed by atoms with van der Waals surface area (Å²) < 4.78 is 44.0. The zero-order valence-electron chi connectivity index (χ0n) is 11.5. The topological polar surface area (TPSA) is 98.5 Å². The molecule has 0 saturated heterocycles. The largest absolute Gasteiger partial charge is 0.468 e. The molecule has 1 aromatic carbocycles. The van der Waals surface area contributed by atoms with Gasteiger partial charge in [-0.25, -0.2) is 12.8 Å². The lowest BCUT2D eigenvalue weighted by Crippen LogP contribution is -2.33. The van der Waals surface area contributed by atoms with Crippen LogP contribution >= 0.6 is 0 Å². The van der Waals surface area contributed by atoms with E-state index in [1.54, 1.807) is 0 Å². The number of halogens is 1. The van der Waals surface area contributed by atoms with Crippen LogP contribution in [0.25, 0.3) is 0 Å². The third-order valence-electron chi connectivity index (χ3n) is 2.55. The molecule has 6 nitrogen and oxygen atoms in total. The van der Waals surface area contributed by atoms with Crippen molar-refractivity contribution in [1.29, 1.82) is 0 Å². The number of methoxy groups -OCH3 is 1. The van der Waals surface area contributed by atoms with Crippen LogP contribution in [0.15, 0.2) is 18.2 Å². The van der Waals surface area contributed by atoms with Crippen LogP contribution in [0.1, 0.15) is 12.5 Å². The summed E-state index contributed by atoms with van der Waals surface area (Å²) in [6.45, 7) is 1.26. The third kappa shape index (κ3) is 4.44. The number of hydrogen-bond donors (Lipinski definition) is 2. The Hall–Kier alpha value is -2.11. The van der Waals surface area contributed by atoms with Gasteiger partial charge in [-0.1, -0.05) is 11.8 Å². The SMILES string of the molecule is COC(=O)C(C)S(=O)(=O)Nc1ccc(C#CCN)c(F)c1. The predicted molar refractivity (Wildman–Crippen MR) is 76.4 cm³/mol. The van der Waals surface area contributed by atoms with Gasteiger partial charge < -0.3 is 10.5 Å². The second-order valence-electron chi connectivity index (χ2n) is 4.01. The Labute approximate surface area is 122 Å². The molecule has 8 heteroatoms. The second kappa shape index (κ2) is 7.06. The summed E-state index contributed by atoms with van der Waals surface area (Å²) in [6, 6.07) is 3.63. The maximum atomic E-state index is 13.7. The molecule has 0 radical (unpaired) electrons. The van der Waals surface area contributed by atoms with Gasteiger partial charge in [0.1, 0.15) is 5.82 Å². The molecule has 0 heterocycles. The van der Waals surface area contributed by atoms with Gasteiger partial charge in [-0.05, 0) is 25.1 Å². The van der Waals surface area contributed by atoms with Gasteiger partial charge in [-0.3, -0.25) is 9.52 Å². The second-order valence-corrected chi connectivity index (χ2v) is 6.01. The first-order chi connectivity index (χ1) is 9.81. The Balaban J connectivity index is 2.99. The Morgan fingerprint density at radius 3 is 2.71 bits per heavy atom. The maximum Gasteiger partial charge on any atom is 0.325 e. The average molecular weight is 314 g/mol. The van der Waals surface area contributed by atoms with Crippen LogP contribution in [0.3, 0.4) is 0 Å². The third-order valence-corrected chi connectivity index (χ3v) is 4.20. The van der Waals surface area contributed by atoms with Crippen molar-refractivity contribution in [2.45, 2.75) is 12.2 Å². The first-order valence-electron chi connectivity index (χ1n) is 5.89. The van der Waals surface area contributed by atoms with Crippen LogP contribution in [0, 0.1) is 17.7 Å². The molecule has 1 atom stereocenters. The number of nitrogens with two attached hydrogens (primary N) is 1. The first kappa shape index (κ1) is 16.9. The normalized spacial score (nSPS) is 12.0. The Morgan fingerprint density at radius 2 is 2.19 bits per heavy atom. The molecule has 0 saturated carbocycles. The fraction of sp³-hybridized carbons (Fsp3) is 0.308. The van der Waals surface area contributed by atoms with Crippen LogP contribution in [-0.4, -0.2) is 33.3 Å². The van der Waals surface area contributed by atoms with Gasteiger partial charge in [-0.2, -0.15) is 0 Å². The average Bonchev–Trinajstić information content (AvgIpc) is 2.44. The molecule has 21 heavy (non-hydrogen) atoms. The van der Waals surface area contributed by atoms with E-state index in [-0.39, 0.29) is 17.8 Å². The van der Waals surface area contributed by atoms with Gasteiger partial charge in [0.15, 0.2) is 5.25 Å². The molecule has 1 rings (SSSR count). The van der Waals surface area contributed by atoms with Crippen molar-refractivity contribution in [3.05, 3.63) is 29.6 Å².